The summed E-state index contributed by atoms with van der Waals surface area (Å²) >= 11 is 0. The van der Waals surface area contributed by atoms with Crippen molar-refractivity contribution in [3.63, 3.8) is 0 Å². The summed E-state index contributed by atoms with van der Waals surface area (Å²) < 4.78 is 5.44. The molecular weight excluding hydrogens is 268 g/mol. The van der Waals surface area contributed by atoms with Gasteiger partial charge in [-0.2, -0.15) is 0 Å². The second-order valence-corrected chi connectivity index (χ2v) is 5.40. The molecular formula is C16H24N2O3. The molecule has 1 atom stereocenters. The van der Waals surface area contributed by atoms with E-state index < -0.39 is 12.0 Å². The molecule has 0 aliphatic carbocycles. The number of nitrogens with zero attached hydrogens (tertiary/aromatic N) is 2. The Kier molecular flexibility index (Phi) is 5.59. The van der Waals surface area contributed by atoms with Crippen LogP contribution in [-0.2, 0) is 11.3 Å². The van der Waals surface area contributed by atoms with Crippen LogP contribution in [0.1, 0.15) is 19.4 Å². The number of rotatable bonds is 6. The van der Waals surface area contributed by atoms with E-state index >= 15 is 0 Å². The summed E-state index contributed by atoms with van der Waals surface area (Å²) in [5.74, 6) is 0.163. The van der Waals surface area contributed by atoms with E-state index in [1.807, 2.05) is 24.0 Å². The van der Waals surface area contributed by atoms with Gasteiger partial charge in [-0.15, -0.1) is 0 Å². The van der Waals surface area contributed by atoms with Crippen molar-refractivity contribution in [3.05, 3.63) is 29.8 Å². The predicted octanol–water partition coefficient (Wildman–Crippen LogP) is 1.68. The molecule has 1 aliphatic heterocycles. The number of carboxylic acid groups (broad SMARTS) is 1. The maximum absolute atomic E-state index is 11.0. The standard InChI is InChI=1S/C16H24N2O3/c1-3-21-15-6-4-14(5-7-15)12-17-8-10-18(11-9-17)13(2)16(19)20/h4-7,13H,3,8-12H2,1-2H3,(H,19,20). The Balaban J connectivity index is 1.81. The zero-order valence-corrected chi connectivity index (χ0v) is 12.8. The fourth-order valence-electron chi connectivity index (χ4n) is 2.58. The number of hydrogen-bond donors (Lipinski definition) is 1. The van der Waals surface area contributed by atoms with E-state index in [-0.39, 0.29) is 0 Å². The number of hydrogen-bond acceptors (Lipinski definition) is 4. The normalized spacial score (nSPS) is 18.4. The molecule has 1 fully saturated rings. The summed E-state index contributed by atoms with van der Waals surface area (Å²) in [7, 11) is 0. The zero-order chi connectivity index (χ0) is 15.2. The molecule has 0 amide bonds. The third-order valence-electron chi connectivity index (χ3n) is 3.95. The van der Waals surface area contributed by atoms with Gasteiger partial charge in [-0.05, 0) is 31.5 Å². The van der Waals surface area contributed by atoms with Crippen LogP contribution in [0.5, 0.6) is 5.75 Å². The van der Waals surface area contributed by atoms with E-state index in [9.17, 15) is 4.79 Å². The lowest BCUT2D eigenvalue weighted by atomic mass is 10.1. The predicted molar refractivity (Wildman–Crippen MR) is 81.6 cm³/mol. The number of ether oxygens (including phenoxy) is 1. The number of carbonyl (C=O) groups is 1. The Morgan fingerprint density at radius 1 is 1.24 bits per heavy atom. The molecule has 116 valence electrons. The fourth-order valence-corrected chi connectivity index (χ4v) is 2.58. The van der Waals surface area contributed by atoms with Gasteiger partial charge in [0.25, 0.3) is 0 Å². The summed E-state index contributed by atoms with van der Waals surface area (Å²) in [6.45, 7) is 8.76. The van der Waals surface area contributed by atoms with Crippen LogP contribution in [-0.4, -0.2) is 59.7 Å². The first kappa shape index (κ1) is 15.8. The molecule has 5 nitrogen and oxygen atoms in total. The molecule has 1 saturated heterocycles. The average Bonchev–Trinajstić information content (AvgIpc) is 2.49. The minimum atomic E-state index is -0.741. The Morgan fingerprint density at radius 3 is 2.38 bits per heavy atom. The first-order valence-corrected chi connectivity index (χ1v) is 7.51. The van der Waals surface area contributed by atoms with Crippen LogP contribution >= 0.6 is 0 Å². The molecule has 1 unspecified atom stereocenters. The van der Waals surface area contributed by atoms with Crippen molar-refractivity contribution in [2.45, 2.75) is 26.4 Å². The van der Waals surface area contributed by atoms with E-state index in [2.05, 4.69) is 17.0 Å². The summed E-state index contributed by atoms with van der Waals surface area (Å²) in [6.07, 6.45) is 0. The van der Waals surface area contributed by atoms with Crippen LogP contribution in [0.4, 0.5) is 0 Å². The van der Waals surface area contributed by atoms with Gasteiger partial charge >= 0.3 is 5.97 Å². The maximum Gasteiger partial charge on any atom is 0.320 e. The largest absolute Gasteiger partial charge is 0.494 e. The molecule has 0 bridgehead atoms. The summed E-state index contributed by atoms with van der Waals surface area (Å²) in [5, 5.41) is 9.04. The number of piperazine rings is 1. The van der Waals surface area contributed by atoms with Crippen molar-refractivity contribution in [1.29, 1.82) is 0 Å². The topological polar surface area (TPSA) is 53.0 Å². The van der Waals surface area contributed by atoms with Gasteiger partial charge in [-0.1, -0.05) is 12.1 Å². The fraction of sp³-hybridized carbons (Fsp3) is 0.562. The van der Waals surface area contributed by atoms with Gasteiger partial charge in [-0.3, -0.25) is 14.6 Å². The quantitative estimate of drug-likeness (QED) is 0.864. The molecule has 21 heavy (non-hydrogen) atoms. The van der Waals surface area contributed by atoms with E-state index in [1.54, 1.807) is 6.92 Å². The lowest BCUT2D eigenvalue weighted by Gasteiger charge is -2.36. The number of aliphatic carboxylic acids is 1. The molecule has 0 saturated carbocycles. The lowest BCUT2D eigenvalue weighted by molar-refractivity contribution is -0.143. The molecule has 1 aliphatic rings. The SMILES string of the molecule is CCOc1ccc(CN2CCN(C(C)C(=O)O)CC2)cc1. The van der Waals surface area contributed by atoms with Crippen molar-refractivity contribution in [2.75, 3.05) is 32.8 Å². The monoisotopic (exact) mass is 292 g/mol. The van der Waals surface area contributed by atoms with Crippen LogP contribution in [0.3, 0.4) is 0 Å². The molecule has 0 radical (unpaired) electrons. The second-order valence-electron chi connectivity index (χ2n) is 5.40. The highest BCUT2D eigenvalue weighted by Gasteiger charge is 2.24. The summed E-state index contributed by atoms with van der Waals surface area (Å²) in [4.78, 5) is 15.4. The van der Waals surface area contributed by atoms with Gasteiger partial charge < -0.3 is 9.84 Å². The summed E-state index contributed by atoms with van der Waals surface area (Å²) in [6, 6.07) is 7.80. The third-order valence-corrected chi connectivity index (χ3v) is 3.95. The highest BCUT2D eigenvalue weighted by atomic mass is 16.5. The molecule has 5 heteroatoms. The van der Waals surface area contributed by atoms with Gasteiger partial charge in [0.2, 0.25) is 0 Å². The first-order chi connectivity index (χ1) is 10.1. The van der Waals surface area contributed by atoms with Crippen LogP contribution < -0.4 is 4.74 Å². The molecule has 1 aromatic rings. The van der Waals surface area contributed by atoms with Crippen molar-refractivity contribution in [2.24, 2.45) is 0 Å². The van der Waals surface area contributed by atoms with Crippen LogP contribution in [0.15, 0.2) is 24.3 Å². The summed E-state index contributed by atoms with van der Waals surface area (Å²) in [5.41, 5.74) is 1.26. The van der Waals surface area contributed by atoms with E-state index in [4.69, 9.17) is 9.84 Å². The second kappa shape index (κ2) is 7.43. The van der Waals surface area contributed by atoms with Crippen molar-refractivity contribution in [1.82, 2.24) is 9.80 Å². The maximum atomic E-state index is 11.0. The highest BCUT2D eigenvalue weighted by molar-refractivity contribution is 5.72. The molecule has 0 spiro atoms. The number of carboxylic acids is 1. The lowest BCUT2D eigenvalue weighted by Crippen LogP contribution is -2.51. The van der Waals surface area contributed by atoms with Crippen molar-refractivity contribution >= 4 is 5.97 Å². The van der Waals surface area contributed by atoms with Gasteiger partial charge in [0.1, 0.15) is 11.8 Å². The van der Waals surface area contributed by atoms with E-state index in [0.29, 0.717) is 6.61 Å². The Labute approximate surface area is 126 Å². The van der Waals surface area contributed by atoms with Gasteiger partial charge in [0.05, 0.1) is 6.61 Å². The van der Waals surface area contributed by atoms with Gasteiger partial charge in [0, 0.05) is 32.7 Å². The minimum absolute atomic E-state index is 0.391. The van der Waals surface area contributed by atoms with Crippen LogP contribution in [0.25, 0.3) is 0 Å². The van der Waals surface area contributed by atoms with Gasteiger partial charge in [0.15, 0.2) is 0 Å². The Hall–Kier alpha value is -1.59. The van der Waals surface area contributed by atoms with Gasteiger partial charge in [-0.25, -0.2) is 0 Å². The van der Waals surface area contributed by atoms with Crippen molar-refractivity contribution in [3.8, 4) is 5.75 Å². The van der Waals surface area contributed by atoms with E-state index in [0.717, 1.165) is 38.5 Å². The molecule has 0 aromatic heterocycles. The average molecular weight is 292 g/mol. The van der Waals surface area contributed by atoms with Crippen molar-refractivity contribution < 1.29 is 14.6 Å². The highest BCUT2D eigenvalue weighted by Crippen LogP contribution is 2.15. The Morgan fingerprint density at radius 2 is 1.86 bits per heavy atom. The third kappa shape index (κ3) is 4.44. The molecule has 1 heterocycles. The first-order valence-electron chi connectivity index (χ1n) is 7.51. The molecule has 1 aromatic carbocycles. The molecule has 1 N–H and O–H groups in total. The minimum Gasteiger partial charge on any atom is -0.494 e. The molecule has 2 rings (SSSR count). The van der Waals surface area contributed by atoms with Crippen LogP contribution in [0.2, 0.25) is 0 Å². The van der Waals surface area contributed by atoms with Crippen LogP contribution in [0, 0.1) is 0 Å². The van der Waals surface area contributed by atoms with E-state index in [1.165, 1.54) is 5.56 Å². The number of benzene rings is 1. The Bertz CT molecular complexity index is 453. The smallest absolute Gasteiger partial charge is 0.320 e. The zero-order valence-electron chi connectivity index (χ0n) is 12.8.